The second kappa shape index (κ2) is 6.41. The lowest BCUT2D eigenvalue weighted by Gasteiger charge is -2.25. The van der Waals surface area contributed by atoms with E-state index in [0.717, 1.165) is 6.42 Å². The summed E-state index contributed by atoms with van der Waals surface area (Å²) >= 11 is 1.27. The molecule has 1 atom stereocenters. The van der Waals surface area contributed by atoms with E-state index in [1.807, 2.05) is 0 Å². The Labute approximate surface area is 137 Å². The van der Waals surface area contributed by atoms with Gasteiger partial charge in [-0.3, -0.25) is 9.59 Å². The zero-order valence-corrected chi connectivity index (χ0v) is 13.8. The summed E-state index contributed by atoms with van der Waals surface area (Å²) < 4.78 is 0. The fraction of sp³-hybridized carbons (Fsp3) is 0.400. The minimum atomic E-state index is -0.483. The maximum absolute atomic E-state index is 12.8. The van der Waals surface area contributed by atoms with Crippen molar-refractivity contribution in [1.82, 2.24) is 25.2 Å². The largest absolute Gasteiger partial charge is 0.354 e. The minimum absolute atomic E-state index is 0.121. The van der Waals surface area contributed by atoms with Crippen LogP contribution in [0.2, 0.25) is 0 Å². The van der Waals surface area contributed by atoms with Gasteiger partial charge in [0.15, 0.2) is 10.8 Å². The molecule has 3 heterocycles. The lowest BCUT2D eigenvalue weighted by Crippen LogP contribution is -2.45. The Hall–Kier alpha value is -2.35. The van der Waals surface area contributed by atoms with Crippen LogP contribution in [0.4, 0.5) is 0 Å². The van der Waals surface area contributed by atoms with E-state index in [-0.39, 0.29) is 11.8 Å². The molecule has 1 saturated heterocycles. The second-order valence-corrected chi connectivity index (χ2v) is 6.32. The topological polar surface area (TPSA) is 88.1 Å². The average Bonchev–Trinajstić information content (AvgIpc) is 2.88. The molecule has 0 aromatic carbocycles. The van der Waals surface area contributed by atoms with Crippen molar-refractivity contribution in [2.75, 3.05) is 13.1 Å². The lowest BCUT2D eigenvalue weighted by molar-refractivity contribution is -0.124. The molecular weight excluding hydrogens is 314 g/mol. The Kier molecular flexibility index (Phi) is 4.33. The zero-order valence-electron chi connectivity index (χ0n) is 12.9. The number of aryl methyl sites for hydroxylation is 1. The molecule has 120 valence electrons. The highest BCUT2D eigenvalue weighted by molar-refractivity contribution is 7.17. The molecule has 7 nitrogen and oxygen atoms in total. The lowest BCUT2D eigenvalue weighted by atomic mass is 10.2. The van der Waals surface area contributed by atoms with Crippen LogP contribution in [0.1, 0.15) is 28.7 Å². The first-order valence-corrected chi connectivity index (χ1v) is 8.23. The molecule has 0 aliphatic carbocycles. The first-order chi connectivity index (χ1) is 11.1. The number of rotatable bonds is 2. The maximum Gasteiger partial charge on any atom is 0.266 e. The summed E-state index contributed by atoms with van der Waals surface area (Å²) in [6, 6.07) is 1.25. The molecule has 2 aromatic heterocycles. The Morgan fingerprint density at radius 3 is 2.87 bits per heavy atom. The second-order valence-electron chi connectivity index (χ2n) is 5.33. The van der Waals surface area contributed by atoms with Gasteiger partial charge >= 0.3 is 0 Å². The number of nitrogens with zero attached hydrogens (tertiary/aromatic N) is 4. The summed E-state index contributed by atoms with van der Waals surface area (Å²) in [7, 11) is 0. The van der Waals surface area contributed by atoms with Gasteiger partial charge < -0.3 is 10.2 Å². The van der Waals surface area contributed by atoms with Crippen molar-refractivity contribution in [2.45, 2.75) is 26.3 Å². The molecule has 0 saturated carbocycles. The minimum Gasteiger partial charge on any atom is -0.354 e. The van der Waals surface area contributed by atoms with Crippen molar-refractivity contribution >= 4 is 23.2 Å². The fourth-order valence-electron chi connectivity index (χ4n) is 2.45. The van der Waals surface area contributed by atoms with Crippen LogP contribution in [0.3, 0.4) is 0 Å². The molecule has 23 heavy (non-hydrogen) atoms. The van der Waals surface area contributed by atoms with Gasteiger partial charge in [0.2, 0.25) is 5.91 Å². The molecule has 2 amide bonds. The number of hydrogen-bond donors (Lipinski definition) is 1. The van der Waals surface area contributed by atoms with Crippen molar-refractivity contribution < 1.29 is 9.59 Å². The Balaban J connectivity index is 1.90. The van der Waals surface area contributed by atoms with Gasteiger partial charge in [0.1, 0.15) is 10.9 Å². The van der Waals surface area contributed by atoms with E-state index in [2.05, 4.69) is 20.3 Å². The average molecular weight is 331 g/mol. The van der Waals surface area contributed by atoms with Gasteiger partial charge in [-0.05, 0) is 26.3 Å². The van der Waals surface area contributed by atoms with Gasteiger partial charge in [-0.2, -0.15) is 0 Å². The molecule has 3 rings (SSSR count). The van der Waals surface area contributed by atoms with Crippen LogP contribution in [0, 0.1) is 6.92 Å². The summed E-state index contributed by atoms with van der Waals surface area (Å²) in [4.78, 5) is 39.7. The third-order valence-electron chi connectivity index (χ3n) is 3.73. The van der Waals surface area contributed by atoms with Gasteiger partial charge in [-0.25, -0.2) is 15.0 Å². The van der Waals surface area contributed by atoms with Gasteiger partial charge in [0.25, 0.3) is 5.91 Å². The molecule has 0 bridgehead atoms. The number of thiazole rings is 1. The smallest absolute Gasteiger partial charge is 0.266 e. The summed E-state index contributed by atoms with van der Waals surface area (Å²) in [5.74, 6) is 0.220. The van der Waals surface area contributed by atoms with Gasteiger partial charge in [0, 0.05) is 25.5 Å². The van der Waals surface area contributed by atoms with E-state index < -0.39 is 6.04 Å². The number of carbonyl (C=O) groups excluding carboxylic acids is 2. The van der Waals surface area contributed by atoms with E-state index in [4.69, 9.17) is 0 Å². The molecular formula is C15H17N5O2S. The SMILES string of the molecule is Cc1nc(-c2ncccn2)sc1C(=O)N1CCCNC(=O)[C@@H]1C. The van der Waals surface area contributed by atoms with Crippen molar-refractivity contribution in [3.05, 3.63) is 29.0 Å². The van der Waals surface area contributed by atoms with Crippen LogP contribution in [-0.4, -0.2) is 50.8 Å². The van der Waals surface area contributed by atoms with Crippen LogP contribution in [0.15, 0.2) is 18.5 Å². The van der Waals surface area contributed by atoms with Crippen molar-refractivity contribution in [3.8, 4) is 10.8 Å². The van der Waals surface area contributed by atoms with Crippen LogP contribution in [-0.2, 0) is 4.79 Å². The van der Waals surface area contributed by atoms with E-state index in [1.54, 1.807) is 37.2 Å². The number of hydrogen-bond acceptors (Lipinski definition) is 6. The van der Waals surface area contributed by atoms with Crippen LogP contribution in [0.25, 0.3) is 10.8 Å². The monoisotopic (exact) mass is 331 g/mol. The van der Waals surface area contributed by atoms with Crippen molar-refractivity contribution in [2.24, 2.45) is 0 Å². The third-order valence-corrected chi connectivity index (χ3v) is 4.87. The van der Waals surface area contributed by atoms with E-state index in [1.165, 1.54) is 11.3 Å². The van der Waals surface area contributed by atoms with E-state index >= 15 is 0 Å². The molecule has 1 N–H and O–H groups in total. The third kappa shape index (κ3) is 3.07. The number of nitrogens with one attached hydrogen (secondary N) is 1. The standard InChI is InChI=1S/C15H17N5O2S/c1-9-11(23-14(19-9)12-16-5-3-6-17-12)15(22)20-8-4-7-18-13(21)10(20)2/h3,5-6,10H,4,7-8H2,1-2H3,(H,18,21)/t10-/m0/s1. The quantitative estimate of drug-likeness (QED) is 0.895. The predicted molar refractivity (Wildman–Crippen MR) is 86.0 cm³/mol. The van der Waals surface area contributed by atoms with Crippen LogP contribution in [0.5, 0.6) is 0 Å². The Bertz CT molecular complexity index is 731. The van der Waals surface area contributed by atoms with Crippen LogP contribution >= 0.6 is 11.3 Å². The summed E-state index contributed by atoms with van der Waals surface area (Å²) in [5.41, 5.74) is 0.638. The van der Waals surface area contributed by atoms with Crippen molar-refractivity contribution in [3.63, 3.8) is 0 Å². The first kappa shape index (κ1) is 15.5. The Morgan fingerprint density at radius 2 is 2.13 bits per heavy atom. The van der Waals surface area contributed by atoms with Gasteiger partial charge in [-0.15, -0.1) is 11.3 Å². The number of carbonyl (C=O) groups is 2. The number of amides is 2. The molecule has 8 heteroatoms. The highest BCUT2D eigenvalue weighted by Gasteiger charge is 2.30. The molecule has 1 fully saturated rings. The Morgan fingerprint density at radius 1 is 1.39 bits per heavy atom. The van der Waals surface area contributed by atoms with Gasteiger partial charge in [0.05, 0.1) is 5.69 Å². The zero-order chi connectivity index (χ0) is 16.4. The molecule has 1 aliphatic heterocycles. The maximum atomic E-state index is 12.8. The predicted octanol–water partition coefficient (Wildman–Crippen LogP) is 1.26. The van der Waals surface area contributed by atoms with Gasteiger partial charge in [-0.1, -0.05) is 0 Å². The molecule has 0 spiro atoms. The molecule has 0 unspecified atom stereocenters. The first-order valence-electron chi connectivity index (χ1n) is 7.41. The molecule has 0 radical (unpaired) electrons. The van der Waals surface area contributed by atoms with E-state index in [9.17, 15) is 9.59 Å². The summed E-state index contributed by atoms with van der Waals surface area (Å²) in [5, 5.41) is 3.42. The highest BCUT2D eigenvalue weighted by Crippen LogP contribution is 2.27. The molecule has 1 aliphatic rings. The van der Waals surface area contributed by atoms with Crippen LogP contribution < -0.4 is 5.32 Å². The van der Waals surface area contributed by atoms with Crippen molar-refractivity contribution in [1.29, 1.82) is 0 Å². The summed E-state index contributed by atoms with van der Waals surface area (Å²) in [6.45, 7) is 4.68. The normalized spacial score (nSPS) is 18.4. The molecule has 2 aromatic rings. The van der Waals surface area contributed by atoms with E-state index in [0.29, 0.717) is 34.5 Å². The fourth-order valence-corrected chi connectivity index (χ4v) is 3.42. The summed E-state index contributed by atoms with van der Waals surface area (Å²) in [6.07, 6.45) is 4.03. The number of aromatic nitrogens is 3. The highest BCUT2D eigenvalue weighted by atomic mass is 32.1.